The summed E-state index contributed by atoms with van der Waals surface area (Å²) in [6, 6.07) is 12.6. The maximum Gasteiger partial charge on any atom is 0.326 e. The number of aromatic nitrogens is 3. The standard InChI is InChI=1S/C25H26N4O4/c1-2-3-12-22(29-15-27-20-11-7-5-9-18(20)24(29)31)23(30)28-21(25(32)33)13-16-14-26-19-10-6-4-8-17(16)19/h4-11,14-15,21-22,26H,2-3,12-13H2,1H3,(H,28,30)(H,32,33). The monoisotopic (exact) mass is 446 g/mol. The van der Waals surface area contributed by atoms with E-state index in [9.17, 15) is 19.5 Å². The highest BCUT2D eigenvalue weighted by molar-refractivity contribution is 5.88. The van der Waals surface area contributed by atoms with Gasteiger partial charge in [-0.2, -0.15) is 0 Å². The van der Waals surface area contributed by atoms with Crippen LogP contribution in [0.3, 0.4) is 0 Å². The number of H-pyrrole nitrogens is 1. The van der Waals surface area contributed by atoms with E-state index in [4.69, 9.17) is 0 Å². The highest BCUT2D eigenvalue weighted by atomic mass is 16.4. The molecule has 2 heterocycles. The van der Waals surface area contributed by atoms with Crippen LogP contribution in [0, 0.1) is 0 Å². The van der Waals surface area contributed by atoms with Crippen LogP contribution in [0.4, 0.5) is 0 Å². The Balaban J connectivity index is 1.62. The Bertz CT molecular complexity index is 1360. The molecule has 170 valence electrons. The molecule has 2 aromatic carbocycles. The second kappa shape index (κ2) is 9.68. The average molecular weight is 447 g/mol. The van der Waals surface area contributed by atoms with Crippen molar-refractivity contribution < 1.29 is 14.7 Å². The number of unbranched alkanes of at least 4 members (excludes halogenated alkanes) is 1. The smallest absolute Gasteiger partial charge is 0.326 e. The first-order valence-corrected chi connectivity index (χ1v) is 11.0. The molecular formula is C25H26N4O4. The van der Waals surface area contributed by atoms with Gasteiger partial charge in [-0.1, -0.05) is 50.1 Å². The minimum Gasteiger partial charge on any atom is -0.480 e. The molecule has 2 unspecified atom stereocenters. The molecule has 8 heteroatoms. The van der Waals surface area contributed by atoms with Gasteiger partial charge in [0.1, 0.15) is 12.1 Å². The number of hydrogen-bond acceptors (Lipinski definition) is 4. The first-order valence-electron chi connectivity index (χ1n) is 11.0. The Morgan fingerprint density at radius 1 is 1.12 bits per heavy atom. The van der Waals surface area contributed by atoms with E-state index >= 15 is 0 Å². The van der Waals surface area contributed by atoms with Crippen molar-refractivity contribution in [1.82, 2.24) is 19.9 Å². The van der Waals surface area contributed by atoms with Crippen LogP contribution in [0.25, 0.3) is 21.8 Å². The van der Waals surface area contributed by atoms with E-state index < -0.39 is 24.0 Å². The molecular weight excluding hydrogens is 420 g/mol. The third-order valence-corrected chi connectivity index (χ3v) is 5.87. The Labute approximate surface area is 190 Å². The Morgan fingerprint density at radius 3 is 2.61 bits per heavy atom. The highest BCUT2D eigenvalue weighted by Crippen LogP contribution is 2.20. The first kappa shape index (κ1) is 22.3. The van der Waals surface area contributed by atoms with Gasteiger partial charge in [-0.3, -0.25) is 14.2 Å². The summed E-state index contributed by atoms with van der Waals surface area (Å²) in [5.74, 6) is -1.64. The highest BCUT2D eigenvalue weighted by Gasteiger charge is 2.28. The zero-order chi connectivity index (χ0) is 23.4. The van der Waals surface area contributed by atoms with Crippen LogP contribution in [0.1, 0.15) is 37.8 Å². The van der Waals surface area contributed by atoms with Gasteiger partial charge in [-0.05, 0) is 30.2 Å². The number of hydrogen-bond donors (Lipinski definition) is 3. The van der Waals surface area contributed by atoms with Crippen LogP contribution in [0.15, 0.2) is 65.8 Å². The van der Waals surface area contributed by atoms with Crippen molar-refractivity contribution in [2.45, 2.75) is 44.7 Å². The quantitative estimate of drug-likeness (QED) is 0.364. The lowest BCUT2D eigenvalue weighted by atomic mass is 10.0. The van der Waals surface area contributed by atoms with Crippen LogP contribution in [0.2, 0.25) is 0 Å². The van der Waals surface area contributed by atoms with Crippen molar-refractivity contribution in [2.24, 2.45) is 0 Å². The number of benzene rings is 2. The maximum atomic E-state index is 13.3. The largest absolute Gasteiger partial charge is 0.480 e. The number of aliphatic carboxylic acids is 1. The summed E-state index contributed by atoms with van der Waals surface area (Å²) in [5, 5.41) is 13.8. The Kier molecular flexibility index (Phi) is 6.53. The van der Waals surface area contributed by atoms with E-state index in [1.807, 2.05) is 31.2 Å². The molecule has 33 heavy (non-hydrogen) atoms. The molecule has 0 spiro atoms. The predicted molar refractivity (Wildman–Crippen MR) is 126 cm³/mol. The summed E-state index contributed by atoms with van der Waals surface area (Å²) in [4.78, 5) is 45.8. The maximum absolute atomic E-state index is 13.3. The molecule has 0 aliphatic heterocycles. The van der Waals surface area contributed by atoms with Crippen molar-refractivity contribution in [3.8, 4) is 0 Å². The van der Waals surface area contributed by atoms with Crippen LogP contribution in [-0.4, -0.2) is 37.6 Å². The Morgan fingerprint density at radius 2 is 1.85 bits per heavy atom. The zero-order valence-corrected chi connectivity index (χ0v) is 18.3. The molecule has 0 radical (unpaired) electrons. The van der Waals surface area contributed by atoms with Crippen molar-refractivity contribution in [2.75, 3.05) is 0 Å². The van der Waals surface area contributed by atoms with Gasteiger partial charge in [0.05, 0.1) is 17.2 Å². The molecule has 8 nitrogen and oxygen atoms in total. The minimum atomic E-state index is -1.13. The number of nitrogens with zero attached hydrogens (tertiary/aromatic N) is 2. The lowest BCUT2D eigenvalue weighted by Gasteiger charge is -2.22. The molecule has 0 bridgehead atoms. The number of aromatic amines is 1. The number of rotatable bonds is 9. The third-order valence-electron chi connectivity index (χ3n) is 5.87. The Hall–Kier alpha value is -3.94. The van der Waals surface area contributed by atoms with E-state index in [-0.39, 0.29) is 12.0 Å². The molecule has 4 rings (SSSR count). The number of amides is 1. The van der Waals surface area contributed by atoms with Gasteiger partial charge in [0, 0.05) is 23.5 Å². The fourth-order valence-electron chi connectivity index (χ4n) is 4.09. The lowest BCUT2D eigenvalue weighted by molar-refractivity contribution is -0.142. The fraction of sp³-hybridized carbons (Fsp3) is 0.280. The van der Waals surface area contributed by atoms with Crippen molar-refractivity contribution in [3.05, 3.63) is 77.0 Å². The topological polar surface area (TPSA) is 117 Å². The summed E-state index contributed by atoms with van der Waals surface area (Å²) < 4.78 is 1.32. The van der Waals surface area contributed by atoms with E-state index in [1.165, 1.54) is 10.9 Å². The van der Waals surface area contributed by atoms with Crippen LogP contribution in [-0.2, 0) is 16.0 Å². The van der Waals surface area contributed by atoms with Crippen LogP contribution >= 0.6 is 0 Å². The fourth-order valence-corrected chi connectivity index (χ4v) is 4.09. The zero-order valence-electron chi connectivity index (χ0n) is 18.3. The van der Waals surface area contributed by atoms with Crippen LogP contribution < -0.4 is 10.9 Å². The molecule has 4 aromatic rings. The minimum absolute atomic E-state index is 0.121. The van der Waals surface area contributed by atoms with E-state index in [2.05, 4.69) is 15.3 Å². The molecule has 0 saturated heterocycles. The third kappa shape index (κ3) is 4.64. The molecule has 2 aromatic heterocycles. The predicted octanol–water partition coefficient (Wildman–Crippen LogP) is 3.42. The first-order chi connectivity index (χ1) is 16.0. The lowest BCUT2D eigenvalue weighted by Crippen LogP contribution is -2.46. The van der Waals surface area contributed by atoms with E-state index in [1.54, 1.807) is 30.5 Å². The van der Waals surface area contributed by atoms with Crippen LogP contribution in [0.5, 0.6) is 0 Å². The number of carbonyl (C=O) groups is 2. The molecule has 2 atom stereocenters. The van der Waals surface area contributed by atoms with Crippen molar-refractivity contribution in [3.63, 3.8) is 0 Å². The summed E-state index contributed by atoms with van der Waals surface area (Å²) in [6.45, 7) is 1.99. The van der Waals surface area contributed by atoms with E-state index in [0.29, 0.717) is 23.7 Å². The summed E-state index contributed by atoms with van der Waals surface area (Å²) in [5.41, 5.74) is 1.93. The summed E-state index contributed by atoms with van der Waals surface area (Å²) in [7, 11) is 0. The van der Waals surface area contributed by atoms with Gasteiger partial charge in [0.15, 0.2) is 0 Å². The van der Waals surface area contributed by atoms with E-state index in [0.717, 1.165) is 22.9 Å². The average Bonchev–Trinajstić information content (AvgIpc) is 3.23. The number of para-hydroxylation sites is 2. The van der Waals surface area contributed by atoms with Gasteiger partial charge in [-0.15, -0.1) is 0 Å². The van der Waals surface area contributed by atoms with Gasteiger partial charge in [0.2, 0.25) is 5.91 Å². The number of fused-ring (bicyclic) bond motifs is 2. The molecule has 1 amide bonds. The molecule has 0 aliphatic rings. The summed E-state index contributed by atoms with van der Waals surface area (Å²) in [6.07, 6.45) is 5.20. The normalized spacial score (nSPS) is 13.1. The SMILES string of the molecule is CCCCC(C(=O)NC(Cc1c[nH]c2ccccc12)C(=O)O)n1cnc2ccccc2c1=O. The second-order valence-electron chi connectivity index (χ2n) is 8.10. The van der Waals surface area contributed by atoms with Crippen molar-refractivity contribution in [1.29, 1.82) is 0 Å². The molecule has 0 aliphatic carbocycles. The molecule has 0 fully saturated rings. The number of carboxylic acids is 1. The van der Waals surface area contributed by atoms with Gasteiger partial charge in [-0.25, -0.2) is 9.78 Å². The van der Waals surface area contributed by atoms with Crippen molar-refractivity contribution >= 4 is 33.7 Å². The number of carbonyl (C=O) groups excluding carboxylic acids is 1. The van der Waals surface area contributed by atoms with Gasteiger partial charge < -0.3 is 15.4 Å². The number of nitrogens with one attached hydrogen (secondary N) is 2. The summed E-state index contributed by atoms with van der Waals surface area (Å²) >= 11 is 0. The van der Waals surface area contributed by atoms with Gasteiger partial charge >= 0.3 is 5.97 Å². The number of carboxylic acid groups (broad SMARTS) is 1. The second-order valence-corrected chi connectivity index (χ2v) is 8.10. The molecule has 0 saturated carbocycles. The molecule has 3 N–H and O–H groups in total. The van der Waals surface area contributed by atoms with Gasteiger partial charge in [0.25, 0.3) is 5.56 Å².